The Hall–Kier alpha value is -2.89. The molecule has 158 valence electrons. The third-order valence-corrected chi connectivity index (χ3v) is 7.00. The highest BCUT2D eigenvalue weighted by atomic mass is 32.2. The van der Waals surface area contributed by atoms with Gasteiger partial charge in [-0.3, -0.25) is 0 Å². The number of nitriles is 1. The number of methoxy groups -OCH3 is 1. The first-order valence-corrected chi connectivity index (χ1v) is 11.2. The van der Waals surface area contributed by atoms with Crippen molar-refractivity contribution < 1.29 is 22.7 Å². The Bertz CT molecular complexity index is 1050. The van der Waals surface area contributed by atoms with E-state index in [0.29, 0.717) is 24.2 Å². The van der Waals surface area contributed by atoms with E-state index in [4.69, 9.17) is 14.7 Å². The summed E-state index contributed by atoms with van der Waals surface area (Å²) in [6.07, 6.45) is 3.61. The van der Waals surface area contributed by atoms with Crippen molar-refractivity contribution in [2.75, 3.05) is 20.2 Å². The van der Waals surface area contributed by atoms with Crippen LogP contribution in [-0.4, -0.2) is 38.9 Å². The number of esters is 1. The Morgan fingerprint density at radius 2 is 1.80 bits per heavy atom. The molecule has 0 unspecified atom stereocenters. The van der Waals surface area contributed by atoms with Gasteiger partial charge in [-0.25, -0.2) is 13.2 Å². The standard InChI is InChI=1S/C22H24N2O5S/c1-28-20-11-10-17(22(25)29-16-19-9-5-4-8-18(19)15-23)14-21(20)30(26,27)24-12-6-2-3-7-13-24/h4-5,8-11,14H,2-3,6-7,12-13,16H2,1H3. The number of nitrogens with zero attached hydrogens (tertiary/aromatic N) is 2. The van der Waals surface area contributed by atoms with Crippen LogP contribution in [0.4, 0.5) is 0 Å². The first kappa shape index (κ1) is 21.8. The van der Waals surface area contributed by atoms with E-state index >= 15 is 0 Å². The molecule has 0 bridgehead atoms. The lowest BCUT2D eigenvalue weighted by atomic mass is 10.1. The largest absolute Gasteiger partial charge is 0.495 e. The average Bonchev–Trinajstić information content (AvgIpc) is 3.07. The van der Waals surface area contributed by atoms with Crippen LogP contribution in [0.2, 0.25) is 0 Å². The number of ether oxygens (including phenoxy) is 2. The summed E-state index contributed by atoms with van der Waals surface area (Å²) in [5, 5.41) is 9.15. The average molecular weight is 429 g/mol. The van der Waals surface area contributed by atoms with Gasteiger partial charge in [-0.2, -0.15) is 9.57 Å². The number of hydrogen-bond acceptors (Lipinski definition) is 6. The van der Waals surface area contributed by atoms with E-state index in [0.717, 1.165) is 25.7 Å². The van der Waals surface area contributed by atoms with Crippen molar-refractivity contribution in [3.8, 4) is 11.8 Å². The molecular formula is C22H24N2O5S. The van der Waals surface area contributed by atoms with E-state index in [2.05, 4.69) is 6.07 Å². The van der Waals surface area contributed by atoms with Crippen LogP contribution in [-0.2, 0) is 21.4 Å². The lowest BCUT2D eigenvalue weighted by Gasteiger charge is -2.21. The normalized spacial score (nSPS) is 15.1. The Kier molecular flexibility index (Phi) is 7.08. The summed E-state index contributed by atoms with van der Waals surface area (Å²) >= 11 is 0. The predicted octanol–water partition coefficient (Wildman–Crippen LogP) is 3.49. The van der Waals surface area contributed by atoms with Crippen LogP contribution in [0.15, 0.2) is 47.4 Å². The van der Waals surface area contributed by atoms with Crippen LogP contribution in [0.3, 0.4) is 0 Å². The van der Waals surface area contributed by atoms with E-state index in [-0.39, 0.29) is 22.8 Å². The molecule has 0 N–H and O–H groups in total. The summed E-state index contributed by atoms with van der Waals surface area (Å²) in [5.41, 5.74) is 1.11. The highest BCUT2D eigenvalue weighted by Crippen LogP contribution is 2.29. The monoisotopic (exact) mass is 428 g/mol. The fraction of sp³-hybridized carbons (Fsp3) is 0.364. The van der Waals surface area contributed by atoms with Gasteiger partial charge < -0.3 is 9.47 Å². The quantitative estimate of drug-likeness (QED) is 0.654. The molecule has 1 aliphatic rings. The van der Waals surface area contributed by atoms with Gasteiger partial charge in [0.15, 0.2) is 0 Å². The van der Waals surface area contributed by atoms with Gasteiger partial charge in [0.25, 0.3) is 0 Å². The summed E-state index contributed by atoms with van der Waals surface area (Å²) in [6.45, 7) is 0.818. The van der Waals surface area contributed by atoms with Crippen LogP contribution in [0, 0.1) is 11.3 Å². The molecule has 1 fully saturated rings. The Morgan fingerprint density at radius 3 is 2.47 bits per heavy atom. The first-order valence-electron chi connectivity index (χ1n) is 9.80. The van der Waals surface area contributed by atoms with Crippen molar-refractivity contribution >= 4 is 16.0 Å². The van der Waals surface area contributed by atoms with Crippen molar-refractivity contribution in [1.29, 1.82) is 5.26 Å². The molecule has 0 aromatic heterocycles. The summed E-state index contributed by atoms with van der Waals surface area (Å²) in [7, 11) is -2.41. The van der Waals surface area contributed by atoms with Gasteiger partial charge in [0.2, 0.25) is 10.0 Å². The van der Waals surface area contributed by atoms with Gasteiger partial charge in [0, 0.05) is 18.7 Å². The second-order valence-corrected chi connectivity index (χ2v) is 8.94. The molecule has 1 aliphatic heterocycles. The Balaban J connectivity index is 1.84. The van der Waals surface area contributed by atoms with Crippen LogP contribution >= 0.6 is 0 Å². The smallest absolute Gasteiger partial charge is 0.338 e. The molecule has 1 saturated heterocycles. The highest BCUT2D eigenvalue weighted by Gasteiger charge is 2.29. The number of sulfonamides is 1. The van der Waals surface area contributed by atoms with Gasteiger partial charge in [0.05, 0.1) is 24.3 Å². The molecule has 7 nitrogen and oxygen atoms in total. The second-order valence-electron chi connectivity index (χ2n) is 7.03. The summed E-state index contributed by atoms with van der Waals surface area (Å²) in [6, 6.07) is 13.1. The Labute approximate surface area is 176 Å². The summed E-state index contributed by atoms with van der Waals surface area (Å²) < 4.78 is 38.5. The Morgan fingerprint density at radius 1 is 1.10 bits per heavy atom. The second kappa shape index (κ2) is 9.74. The van der Waals surface area contributed by atoms with Crippen LogP contribution in [0.25, 0.3) is 0 Å². The van der Waals surface area contributed by atoms with E-state index in [1.807, 2.05) is 0 Å². The third-order valence-electron chi connectivity index (χ3n) is 5.08. The van der Waals surface area contributed by atoms with E-state index in [1.165, 1.54) is 29.6 Å². The van der Waals surface area contributed by atoms with Crippen molar-refractivity contribution in [2.24, 2.45) is 0 Å². The van der Waals surface area contributed by atoms with Crippen LogP contribution in [0.5, 0.6) is 5.75 Å². The highest BCUT2D eigenvalue weighted by molar-refractivity contribution is 7.89. The van der Waals surface area contributed by atoms with E-state index in [1.54, 1.807) is 24.3 Å². The van der Waals surface area contributed by atoms with E-state index < -0.39 is 16.0 Å². The predicted molar refractivity (Wildman–Crippen MR) is 110 cm³/mol. The van der Waals surface area contributed by atoms with Gasteiger partial charge in [-0.05, 0) is 37.1 Å². The molecule has 1 heterocycles. The van der Waals surface area contributed by atoms with Gasteiger partial charge in [-0.15, -0.1) is 0 Å². The third kappa shape index (κ3) is 4.81. The lowest BCUT2D eigenvalue weighted by molar-refractivity contribution is 0.0472. The van der Waals surface area contributed by atoms with Crippen molar-refractivity contribution in [2.45, 2.75) is 37.2 Å². The van der Waals surface area contributed by atoms with Crippen molar-refractivity contribution in [3.63, 3.8) is 0 Å². The number of rotatable bonds is 6. The number of carbonyl (C=O) groups excluding carboxylic acids is 1. The molecule has 0 radical (unpaired) electrons. The fourth-order valence-electron chi connectivity index (χ4n) is 3.41. The number of benzene rings is 2. The molecule has 0 amide bonds. The molecule has 0 atom stereocenters. The van der Waals surface area contributed by atoms with Crippen LogP contribution < -0.4 is 4.74 Å². The number of carbonyl (C=O) groups is 1. The SMILES string of the molecule is COc1ccc(C(=O)OCc2ccccc2C#N)cc1S(=O)(=O)N1CCCCCC1. The molecule has 0 spiro atoms. The molecule has 8 heteroatoms. The summed E-state index contributed by atoms with van der Waals surface area (Å²) in [4.78, 5) is 12.5. The molecule has 3 rings (SSSR count). The zero-order chi connectivity index (χ0) is 21.6. The van der Waals surface area contributed by atoms with Crippen LogP contribution in [0.1, 0.15) is 47.2 Å². The topological polar surface area (TPSA) is 96.7 Å². The van der Waals surface area contributed by atoms with Crippen molar-refractivity contribution in [1.82, 2.24) is 4.31 Å². The molecule has 0 aliphatic carbocycles. The maximum Gasteiger partial charge on any atom is 0.338 e. The lowest BCUT2D eigenvalue weighted by Crippen LogP contribution is -2.32. The minimum absolute atomic E-state index is 0.0428. The van der Waals surface area contributed by atoms with Gasteiger partial charge >= 0.3 is 5.97 Å². The molecule has 2 aromatic rings. The van der Waals surface area contributed by atoms with Crippen molar-refractivity contribution in [3.05, 3.63) is 59.2 Å². The molecular weight excluding hydrogens is 404 g/mol. The first-order chi connectivity index (χ1) is 14.5. The molecule has 0 saturated carbocycles. The maximum atomic E-state index is 13.2. The summed E-state index contributed by atoms with van der Waals surface area (Å²) in [5.74, 6) is -0.483. The molecule has 2 aromatic carbocycles. The van der Waals surface area contributed by atoms with E-state index in [9.17, 15) is 13.2 Å². The minimum atomic E-state index is -3.80. The zero-order valence-electron chi connectivity index (χ0n) is 16.8. The fourth-order valence-corrected chi connectivity index (χ4v) is 5.11. The number of hydrogen-bond donors (Lipinski definition) is 0. The van der Waals surface area contributed by atoms with Gasteiger partial charge in [-0.1, -0.05) is 31.0 Å². The van der Waals surface area contributed by atoms with Gasteiger partial charge in [0.1, 0.15) is 17.3 Å². The maximum absolute atomic E-state index is 13.2. The molecule has 30 heavy (non-hydrogen) atoms. The minimum Gasteiger partial charge on any atom is -0.495 e. The zero-order valence-corrected chi connectivity index (χ0v) is 17.7.